The van der Waals surface area contributed by atoms with E-state index in [1.807, 2.05) is 17.5 Å². The Morgan fingerprint density at radius 2 is 2.17 bits per heavy atom. The van der Waals surface area contributed by atoms with Crippen LogP contribution in [0, 0.1) is 5.82 Å². The maximum absolute atomic E-state index is 13.4. The minimum atomic E-state index is -0.446. The van der Waals surface area contributed by atoms with Crippen molar-refractivity contribution in [1.29, 1.82) is 0 Å². The van der Waals surface area contributed by atoms with Crippen LogP contribution in [0.4, 0.5) is 4.39 Å². The van der Waals surface area contributed by atoms with Gasteiger partial charge in [-0.1, -0.05) is 6.07 Å². The van der Waals surface area contributed by atoms with E-state index in [4.69, 9.17) is 0 Å². The number of rotatable bonds is 2. The number of nitrogens with zero attached hydrogens (tertiary/aromatic N) is 1. The lowest BCUT2D eigenvalue weighted by Crippen LogP contribution is -2.45. The molecule has 1 aromatic carbocycles. The lowest BCUT2D eigenvalue weighted by atomic mass is 9.98. The van der Waals surface area contributed by atoms with Crippen LogP contribution in [0.2, 0.25) is 0 Å². The van der Waals surface area contributed by atoms with Crippen molar-refractivity contribution in [2.75, 3.05) is 6.54 Å². The maximum Gasteiger partial charge on any atom is 0.255 e. The molecule has 0 saturated carbocycles. The van der Waals surface area contributed by atoms with Crippen LogP contribution in [0.1, 0.15) is 27.7 Å². The first-order chi connectivity index (χ1) is 11.1. The van der Waals surface area contributed by atoms with Gasteiger partial charge in [0.15, 0.2) is 0 Å². The highest BCUT2D eigenvalue weighted by Gasteiger charge is 2.35. The molecule has 116 valence electrons. The van der Waals surface area contributed by atoms with E-state index < -0.39 is 11.4 Å². The molecule has 1 saturated heterocycles. The summed E-state index contributed by atoms with van der Waals surface area (Å²) in [6, 6.07) is 9.41. The van der Waals surface area contributed by atoms with Gasteiger partial charge in [-0.05, 0) is 36.1 Å². The largest absolute Gasteiger partial charge is 0.331 e. The van der Waals surface area contributed by atoms with Crippen molar-refractivity contribution in [3.63, 3.8) is 0 Å². The number of nitrogens with one attached hydrogen (secondary N) is 1. The molecule has 1 atom stereocenters. The van der Waals surface area contributed by atoms with E-state index in [1.54, 1.807) is 16.2 Å². The van der Waals surface area contributed by atoms with E-state index >= 15 is 0 Å². The SMILES string of the molecule is O=C(c1cc(=O)[nH]c2cc(F)ccc12)N1CCC1c1cccs1. The van der Waals surface area contributed by atoms with Gasteiger partial charge in [0, 0.05) is 22.9 Å². The van der Waals surface area contributed by atoms with Gasteiger partial charge in [-0.15, -0.1) is 11.3 Å². The highest BCUT2D eigenvalue weighted by molar-refractivity contribution is 7.10. The van der Waals surface area contributed by atoms with E-state index in [0.29, 0.717) is 23.0 Å². The van der Waals surface area contributed by atoms with Gasteiger partial charge in [-0.25, -0.2) is 4.39 Å². The molecule has 0 aliphatic carbocycles. The summed E-state index contributed by atoms with van der Waals surface area (Å²) in [4.78, 5) is 30.2. The highest BCUT2D eigenvalue weighted by Crippen LogP contribution is 2.37. The fraction of sp³-hybridized carbons (Fsp3) is 0.176. The zero-order valence-electron chi connectivity index (χ0n) is 12.1. The third-order valence-electron chi connectivity index (χ3n) is 4.19. The number of halogens is 1. The number of benzene rings is 1. The lowest BCUT2D eigenvalue weighted by molar-refractivity contribution is 0.0470. The summed E-state index contributed by atoms with van der Waals surface area (Å²) in [7, 11) is 0. The fourth-order valence-electron chi connectivity index (χ4n) is 2.97. The Kier molecular flexibility index (Phi) is 3.27. The molecule has 3 aromatic rings. The normalized spacial score (nSPS) is 17.3. The van der Waals surface area contributed by atoms with Crippen LogP contribution < -0.4 is 5.56 Å². The van der Waals surface area contributed by atoms with Crippen molar-refractivity contribution < 1.29 is 9.18 Å². The third kappa shape index (κ3) is 2.35. The van der Waals surface area contributed by atoms with Crippen molar-refractivity contribution in [3.05, 3.63) is 68.4 Å². The molecule has 1 unspecified atom stereocenters. The topological polar surface area (TPSA) is 53.2 Å². The van der Waals surface area contributed by atoms with Crippen LogP contribution in [-0.4, -0.2) is 22.3 Å². The summed E-state index contributed by atoms with van der Waals surface area (Å²) in [5.41, 5.74) is 0.263. The van der Waals surface area contributed by atoms with Crippen molar-refractivity contribution in [1.82, 2.24) is 9.88 Å². The zero-order chi connectivity index (χ0) is 16.0. The number of H-pyrrole nitrogens is 1. The average molecular weight is 328 g/mol. The summed E-state index contributed by atoms with van der Waals surface area (Å²) in [6.07, 6.45) is 0.919. The summed E-state index contributed by atoms with van der Waals surface area (Å²) in [5.74, 6) is -0.629. The summed E-state index contributed by atoms with van der Waals surface area (Å²) >= 11 is 1.62. The Morgan fingerprint density at radius 1 is 1.30 bits per heavy atom. The Bertz CT molecular complexity index is 949. The summed E-state index contributed by atoms with van der Waals surface area (Å²) < 4.78 is 13.4. The second-order valence-electron chi connectivity index (χ2n) is 5.56. The number of likely N-dealkylation sites (tertiary alicyclic amines) is 1. The molecule has 6 heteroatoms. The molecule has 3 heterocycles. The number of fused-ring (bicyclic) bond motifs is 1. The van der Waals surface area contributed by atoms with Crippen molar-refractivity contribution in [2.45, 2.75) is 12.5 Å². The first-order valence-electron chi connectivity index (χ1n) is 7.30. The Labute approximate surface area is 135 Å². The molecule has 1 aliphatic rings. The Hall–Kier alpha value is -2.47. The number of hydrogen-bond donors (Lipinski definition) is 1. The molecule has 0 spiro atoms. The minimum absolute atomic E-state index is 0.0669. The van der Waals surface area contributed by atoms with Gasteiger partial charge >= 0.3 is 0 Å². The van der Waals surface area contributed by atoms with E-state index in [1.165, 1.54) is 24.3 Å². The first-order valence-corrected chi connectivity index (χ1v) is 8.18. The molecule has 0 radical (unpaired) electrons. The van der Waals surface area contributed by atoms with E-state index in [9.17, 15) is 14.0 Å². The number of carbonyl (C=O) groups is 1. The first kappa shape index (κ1) is 14.1. The summed E-state index contributed by atoms with van der Waals surface area (Å²) in [6.45, 7) is 0.664. The Balaban J connectivity index is 1.77. The lowest BCUT2D eigenvalue weighted by Gasteiger charge is -2.40. The number of aromatic nitrogens is 1. The number of thiophene rings is 1. The number of amides is 1. The van der Waals surface area contributed by atoms with Crippen molar-refractivity contribution in [2.24, 2.45) is 0 Å². The van der Waals surface area contributed by atoms with Gasteiger partial charge in [-0.3, -0.25) is 9.59 Å². The minimum Gasteiger partial charge on any atom is -0.331 e. The Morgan fingerprint density at radius 3 is 2.87 bits per heavy atom. The fourth-order valence-corrected chi connectivity index (χ4v) is 3.84. The average Bonchev–Trinajstić information content (AvgIpc) is 2.98. The van der Waals surface area contributed by atoms with Crippen LogP contribution in [0.15, 0.2) is 46.6 Å². The van der Waals surface area contributed by atoms with Crippen molar-refractivity contribution >= 4 is 28.1 Å². The molecule has 23 heavy (non-hydrogen) atoms. The smallest absolute Gasteiger partial charge is 0.255 e. The highest BCUT2D eigenvalue weighted by atomic mass is 32.1. The number of carbonyl (C=O) groups excluding carboxylic acids is 1. The molecular weight excluding hydrogens is 315 g/mol. The van der Waals surface area contributed by atoms with Crippen LogP contribution >= 0.6 is 11.3 Å². The van der Waals surface area contributed by atoms with Crippen LogP contribution in [0.3, 0.4) is 0 Å². The number of pyridine rings is 1. The van der Waals surface area contributed by atoms with E-state index in [-0.39, 0.29) is 11.9 Å². The monoisotopic (exact) mass is 328 g/mol. The van der Waals surface area contributed by atoms with Gasteiger partial charge in [0.05, 0.1) is 17.1 Å². The van der Waals surface area contributed by atoms with Crippen LogP contribution in [0.5, 0.6) is 0 Å². The van der Waals surface area contributed by atoms with E-state index in [0.717, 1.165) is 11.3 Å². The standard InChI is InChI=1S/C17H13FN2O2S/c18-10-3-4-11-12(9-16(21)19-13(11)8-10)17(22)20-6-5-14(20)15-2-1-7-23-15/h1-4,7-9,14H,5-6H2,(H,19,21). The third-order valence-corrected chi connectivity index (χ3v) is 5.16. The van der Waals surface area contributed by atoms with E-state index in [2.05, 4.69) is 4.98 Å². The zero-order valence-corrected chi connectivity index (χ0v) is 12.9. The van der Waals surface area contributed by atoms with Gasteiger partial charge in [0.1, 0.15) is 5.82 Å². The van der Waals surface area contributed by atoms with Gasteiger partial charge in [-0.2, -0.15) is 0 Å². The summed E-state index contributed by atoms with van der Waals surface area (Å²) in [5, 5.41) is 2.55. The second kappa shape index (κ2) is 5.31. The molecule has 1 fully saturated rings. The van der Waals surface area contributed by atoms with Gasteiger partial charge in [0.2, 0.25) is 5.56 Å². The number of aromatic amines is 1. The molecule has 4 nitrogen and oxygen atoms in total. The molecule has 4 rings (SSSR count). The van der Waals surface area contributed by atoms with Crippen molar-refractivity contribution in [3.8, 4) is 0 Å². The molecule has 1 N–H and O–H groups in total. The van der Waals surface area contributed by atoms with Gasteiger partial charge < -0.3 is 9.88 Å². The predicted molar refractivity (Wildman–Crippen MR) is 87.2 cm³/mol. The molecule has 0 bridgehead atoms. The molecule has 1 amide bonds. The number of hydrogen-bond acceptors (Lipinski definition) is 3. The maximum atomic E-state index is 13.4. The quantitative estimate of drug-likeness (QED) is 0.784. The predicted octanol–water partition coefficient (Wildman–Crippen LogP) is 3.32. The second-order valence-corrected chi connectivity index (χ2v) is 6.53. The molecular formula is C17H13FN2O2S. The molecule has 2 aromatic heterocycles. The molecule has 1 aliphatic heterocycles. The van der Waals surface area contributed by atoms with Crippen LogP contribution in [-0.2, 0) is 0 Å². The van der Waals surface area contributed by atoms with Gasteiger partial charge in [0.25, 0.3) is 5.91 Å². The van der Waals surface area contributed by atoms with Crippen LogP contribution in [0.25, 0.3) is 10.9 Å².